The molecular formula is C14H8BrF3N4O3. The van der Waals surface area contributed by atoms with Crippen LogP contribution in [0.4, 0.5) is 29.7 Å². The third kappa shape index (κ3) is 3.99. The van der Waals surface area contributed by atoms with E-state index in [0.29, 0.717) is 4.67 Å². The molecule has 0 aliphatic carbocycles. The summed E-state index contributed by atoms with van der Waals surface area (Å²) in [7, 11) is 0. The van der Waals surface area contributed by atoms with Gasteiger partial charge in [0, 0.05) is 0 Å². The molecular weight excluding hydrogens is 409 g/mol. The molecule has 0 bridgehead atoms. The fourth-order valence-corrected chi connectivity index (χ4v) is 2.20. The van der Waals surface area contributed by atoms with Gasteiger partial charge in [0.15, 0.2) is 10.4 Å². The van der Waals surface area contributed by atoms with E-state index >= 15 is 0 Å². The van der Waals surface area contributed by atoms with Gasteiger partial charge in [0.2, 0.25) is 0 Å². The molecule has 0 aliphatic rings. The fraction of sp³-hybridized carbons (Fsp3) is 0.0714. The Balaban J connectivity index is 1.71. The molecule has 0 fully saturated rings. The number of carbonyl (C=O) groups is 1. The summed E-state index contributed by atoms with van der Waals surface area (Å²) in [5.41, 5.74) is -1.38. The molecule has 7 nitrogen and oxygen atoms in total. The number of aromatic nitrogens is 2. The molecule has 11 heteroatoms. The number of rotatable bonds is 3. The van der Waals surface area contributed by atoms with Crippen LogP contribution in [0.15, 0.2) is 49.9 Å². The van der Waals surface area contributed by atoms with Crippen LogP contribution in [0.1, 0.15) is 5.56 Å². The Morgan fingerprint density at radius 2 is 1.80 bits per heavy atom. The van der Waals surface area contributed by atoms with E-state index in [0.717, 1.165) is 12.1 Å². The lowest BCUT2D eigenvalue weighted by molar-refractivity contribution is -0.136. The number of halogens is 4. The smallest absolute Gasteiger partial charge is 0.418 e. The van der Waals surface area contributed by atoms with E-state index in [1.807, 2.05) is 0 Å². The summed E-state index contributed by atoms with van der Waals surface area (Å²) < 4.78 is 49.5. The van der Waals surface area contributed by atoms with Crippen molar-refractivity contribution in [3.8, 4) is 11.7 Å². The van der Waals surface area contributed by atoms with Crippen LogP contribution >= 0.6 is 15.9 Å². The summed E-state index contributed by atoms with van der Waals surface area (Å²) in [6.07, 6.45) is -4.60. The third-order valence-electron chi connectivity index (χ3n) is 2.91. The molecule has 2 aromatic heterocycles. The summed E-state index contributed by atoms with van der Waals surface area (Å²) in [5.74, 6) is 0.256. The maximum absolute atomic E-state index is 12.9. The molecule has 0 atom stereocenters. The van der Waals surface area contributed by atoms with Crippen LogP contribution in [0.5, 0.6) is 0 Å². The van der Waals surface area contributed by atoms with Gasteiger partial charge in [-0.2, -0.15) is 13.2 Å². The predicted molar refractivity (Wildman–Crippen MR) is 83.8 cm³/mol. The first-order valence-electron chi connectivity index (χ1n) is 6.66. The summed E-state index contributed by atoms with van der Waals surface area (Å²) in [5, 5.41) is 11.5. The molecule has 0 aliphatic heterocycles. The summed E-state index contributed by atoms with van der Waals surface area (Å²) in [4.78, 5) is 11.9. The highest BCUT2D eigenvalue weighted by atomic mass is 79.9. The van der Waals surface area contributed by atoms with E-state index in [4.69, 9.17) is 8.83 Å². The molecule has 0 radical (unpaired) electrons. The highest BCUT2D eigenvalue weighted by Gasteiger charge is 2.33. The zero-order valence-electron chi connectivity index (χ0n) is 12.1. The highest BCUT2D eigenvalue weighted by molar-refractivity contribution is 9.10. The number of para-hydroxylation sites is 1. The Morgan fingerprint density at radius 1 is 1.04 bits per heavy atom. The van der Waals surface area contributed by atoms with Crippen LogP contribution in [0.2, 0.25) is 0 Å². The van der Waals surface area contributed by atoms with Crippen molar-refractivity contribution in [2.75, 3.05) is 10.6 Å². The quantitative estimate of drug-likeness (QED) is 0.642. The van der Waals surface area contributed by atoms with Crippen molar-refractivity contribution < 1.29 is 26.8 Å². The van der Waals surface area contributed by atoms with Crippen molar-refractivity contribution in [1.29, 1.82) is 0 Å². The number of anilines is 2. The van der Waals surface area contributed by atoms with Crippen LogP contribution < -0.4 is 10.6 Å². The van der Waals surface area contributed by atoms with Gasteiger partial charge in [0.1, 0.15) is 0 Å². The van der Waals surface area contributed by atoms with Gasteiger partial charge >= 0.3 is 18.2 Å². The summed E-state index contributed by atoms with van der Waals surface area (Å²) >= 11 is 3.11. The first kappa shape index (κ1) is 17.0. The Hall–Kier alpha value is -2.82. The Bertz CT molecular complexity index is 907. The number of nitrogens with zero attached hydrogens (tertiary/aromatic N) is 2. The van der Waals surface area contributed by atoms with Crippen LogP contribution in [-0.4, -0.2) is 16.2 Å². The van der Waals surface area contributed by atoms with Crippen LogP contribution in [0, 0.1) is 0 Å². The van der Waals surface area contributed by atoms with Gasteiger partial charge in [-0.3, -0.25) is 5.32 Å². The van der Waals surface area contributed by atoms with Gasteiger partial charge in [-0.15, -0.1) is 5.10 Å². The number of furan rings is 1. The molecule has 2 N–H and O–H groups in total. The van der Waals surface area contributed by atoms with E-state index in [9.17, 15) is 18.0 Å². The Kier molecular flexibility index (Phi) is 4.49. The zero-order valence-corrected chi connectivity index (χ0v) is 13.7. The molecule has 0 saturated heterocycles. The molecule has 0 unspecified atom stereocenters. The fourth-order valence-electron chi connectivity index (χ4n) is 1.89. The first-order chi connectivity index (χ1) is 11.8. The molecule has 0 spiro atoms. The number of urea groups is 1. The van der Waals surface area contributed by atoms with Crippen LogP contribution in [0.25, 0.3) is 11.7 Å². The maximum Gasteiger partial charge on any atom is 0.418 e. The van der Waals surface area contributed by atoms with Crippen molar-refractivity contribution in [1.82, 2.24) is 10.2 Å². The highest BCUT2D eigenvalue weighted by Crippen LogP contribution is 2.34. The van der Waals surface area contributed by atoms with Gasteiger partial charge in [0.05, 0.1) is 11.3 Å². The maximum atomic E-state index is 12.9. The molecule has 3 rings (SSSR count). The number of benzene rings is 1. The molecule has 2 heterocycles. The number of hydrogen-bond donors (Lipinski definition) is 2. The normalized spacial score (nSPS) is 11.4. The van der Waals surface area contributed by atoms with Crippen LogP contribution in [0.3, 0.4) is 0 Å². The minimum Gasteiger partial charge on any atom is -0.444 e. The number of amides is 2. The number of carbonyl (C=O) groups excluding carboxylic acids is 1. The topological polar surface area (TPSA) is 93.2 Å². The van der Waals surface area contributed by atoms with Crippen molar-refractivity contribution >= 4 is 33.7 Å². The molecule has 1 aromatic carbocycles. The Labute approximate surface area is 146 Å². The number of nitrogens with one attached hydrogen (secondary N) is 2. The van der Waals surface area contributed by atoms with E-state index in [-0.39, 0.29) is 17.7 Å². The first-order valence-corrected chi connectivity index (χ1v) is 7.45. The second-order valence-corrected chi connectivity index (χ2v) is 5.42. The average Bonchev–Trinajstić information content (AvgIpc) is 3.15. The SMILES string of the molecule is O=C(Nc1nnc(-c2ccc(Br)o2)o1)Nc1ccccc1C(F)(F)F. The second kappa shape index (κ2) is 6.59. The van der Waals surface area contributed by atoms with E-state index < -0.39 is 23.5 Å². The monoisotopic (exact) mass is 416 g/mol. The van der Waals surface area contributed by atoms with Gasteiger partial charge in [0.25, 0.3) is 5.89 Å². The number of hydrogen-bond acceptors (Lipinski definition) is 5. The second-order valence-electron chi connectivity index (χ2n) is 4.64. The van der Waals surface area contributed by atoms with Gasteiger partial charge in [-0.1, -0.05) is 17.2 Å². The van der Waals surface area contributed by atoms with Gasteiger partial charge < -0.3 is 14.2 Å². The third-order valence-corrected chi connectivity index (χ3v) is 3.34. The van der Waals surface area contributed by atoms with E-state index in [2.05, 4.69) is 36.8 Å². The molecule has 25 heavy (non-hydrogen) atoms. The zero-order chi connectivity index (χ0) is 18.0. The van der Waals surface area contributed by atoms with Crippen molar-refractivity contribution in [3.63, 3.8) is 0 Å². The standard InChI is InChI=1S/C14H8BrF3N4O3/c15-10-6-5-9(24-10)11-21-22-13(25-11)20-12(23)19-8-4-2-1-3-7(8)14(16,17)18/h1-6H,(H2,19,20,22,23). The lowest BCUT2D eigenvalue weighted by Crippen LogP contribution is -2.22. The van der Waals surface area contributed by atoms with Crippen molar-refractivity contribution in [2.24, 2.45) is 0 Å². The van der Waals surface area contributed by atoms with Gasteiger partial charge in [-0.05, 0) is 40.2 Å². The van der Waals surface area contributed by atoms with Crippen molar-refractivity contribution in [2.45, 2.75) is 6.18 Å². The lowest BCUT2D eigenvalue weighted by Gasteiger charge is -2.13. The average molecular weight is 417 g/mol. The Morgan fingerprint density at radius 3 is 2.48 bits per heavy atom. The largest absolute Gasteiger partial charge is 0.444 e. The molecule has 130 valence electrons. The van der Waals surface area contributed by atoms with Crippen LogP contribution in [-0.2, 0) is 6.18 Å². The minimum atomic E-state index is -4.60. The van der Waals surface area contributed by atoms with E-state index in [1.165, 1.54) is 12.1 Å². The van der Waals surface area contributed by atoms with Crippen molar-refractivity contribution in [3.05, 3.63) is 46.6 Å². The summed E-state index contributed by atoms with van der Waals surface area (Å²) in [6.45, 7) is 0. The lowest BCUT2D eigenvalue weighted by atomic mass is 10.1. The predicted octanol–water partition coefficient (Wildman–Crippen LogP) is 4.75. The molecule has 0 saturated carbocycles. The minimum absolute atomic E-state index is 0.00306. The van der Waals surface area contributed by atoms with E-state index in [1.54, 1.807) is 12.1 Å². The molecule has 2 amide bonds. The molecule has 3 aromatic rings. The van der Waals surface area contributed by atoms with Gasteiger partial charge in [-0.25, -0.2) is 4.79 Å². The summed E-state index contributed by atoms with van der Waals surface area (Å²) in [6, 6.07) is 6.46. The number of alkyl halides is 3.